The standard InChI is InChI=1S/C20H35BrO2/c1-7-18(5,22)12-13-20(23)14(2)8-9-15-17(3,4)16(21)10-11-19(15,20)6/h7,14-16,22-23H,1,8-13H2,2-6H3/t14-,15+,16+,18+,19+,20?/m1/s1. The van der Waals surface area contributed by atoms with Gasteiger partial charge >= 0.3 is 0 Å². The summed E-state index contributed by atoms with van der Waals surface area (Å²) in [4.78, 5) is 0.516. The van der Waals surface area contributed by atoms with Gasteiger partial charge in [0.25, 0.3) is 0 Å². The quantitative estimate of drug-likeness (QED) is 0.522. The van der Waals surface area contributed by atoms with Gasteiger partial charge in [0.2, 0.25) is 0 Å². The average molecular weight is 387 g/mol. The van der Waals surface area contributed by atoms with Gasteiger partial charge in [0.1, 0.15) is 0 Å². The molecule has 0 aromatic rings. The van der Waals surface area contributed by atoms with Crippen LogP contribution in [-0.2, 0) is 0 Å². The molecule has 134 valence electrons. The third-order valence-corrected chi connectivity index (χ3v) is 9.17. The van der Waals surface area contributed by atoms with E-state index in [0.29, 0.717) is 23.6 Å². The van der Waals surface area contributed by atoms with Crippen molar-refractivity contribution in [2.45, 2.75) is 89.2 Å². The van der Waals surface area contributed by atoms with Crippen LogP contribution in [-0.4, -0.2) is 26.2 Å². The fraction of sp³-hybridized carbons (Fsp3) is 0.900. The molecule has 2 fully saturated rings. The maximum absolute atomic E-state index is 11.8. The highest BCUT2D eigenvalue weighted by molar-refractivity contribution is 9.09. The topological polar surface area (TPSA) is 40.5 Å². The molecular weight excluding hydrogens is 352 g/mol. The van der Waals surface area contributed by atoms with E-state index in [1.54, 1.807) is 13.0 Å². The van der Waals surface area contributed by atoms with Gasteiger partial charge in [-0.25, -0.2) is 0 Å². The van der Waals surface area contributed by atoms with Gasteiger partial charge in [0.05, 0.1) is 11.2 Å². The molecule has 0 bridgehead atoms. The molecule has 2 aliphatic rings. The van der Waals surface area contributed by atoms with Gasteiger partial charge in [0, 0.05) is 4.83 Å². The summed E-state index contributed by atoms with van der Waals surface area (Å²) in [6, 6.07) is 0. The van der Waals surface area contributed by atoms with Crippen molar-refractivity contribution in [2.75, 3.05) is 0 Å². The SMILES string of the molecule is C=C[C@](C)(O)CCC1(O)[C@H](C)CC[C@H]2C(C)(C)[C@@H](Br)CC[C@@]21C. The summed E-state index contributed by atoms with van der Waals surface area (Å²) in [5.41, 5.74) is -1.52. The number of rotatable bonds is 4. The van der Waals surface area contributed by atoms with E-state index in [-0.39, 0.29) is 16.7 Å². The number of alkyl halides is 1. The fourth-order valence-electron chi connectivity index (χ4n) is 5.52. The first-order chi connectivity index (χ1) is 10.4. The molecule has 0 heterocycles. The lowest BCUT2D eigenvalue weighted by Gasteiger charge is -2.64. The summed E-state index contributed by atoms with van der Waals surface area (Å²) < 4.78 is 0. The fourth-order valence-corrected chi connectivity index (χ4v) is 6.06. The molecule has 0 amide bonds. The van der Waals surface area contributed by atoms with Gasteiger partial charge in [-0.2, -0.15) is 0 Å². The molecule has 0 aromatic carbocycles. The average Bonchev–Trinajstić information content (AvgIpc) is 2.47. The zero-order valence-corrected chi connectivity index (χ0v) is 17.1. The summed E-state index contributed by atoms with van der Waals surface area (Å²) >= 11 is 3.90. The Labute approximate surface area is 150 Å². The molecule has 0 aliphatic heterocycles. The Bertz CT molecular complexity index is 459. The van der Waals surface area contributed by atoms with Crippen molar-refractivity contribution in [3.63, 3.8) is 0 Å². The lowest BCUT2D eigenvalue weighted by atomic mass is 9.44. The van der Waals surface area contributed by atoms with Crippen molar-refractivity contribution in [1.82, 2.24) is 0 Å². The van der Waals surface area contributed by atoms with Crippen LogP contribution in [0.15, 0.2) is 12.7 Å². The Balaban J connectivity index is 2.35. The summed E-state index contributed by atoms with van der Waals surface area (Å²) in [5, 5.41) is 22.2. The Morgan fingerprint density at radius 3 is 2.43 bits per heavy atom. The second-order valence-electron chi connectivity index (χ2n) is 9.26. The normalized spacial score (nSPS) is 45.8. The van der Waals surface area contributed by atoms with Crippen molar-refractivity contribution >= 4 is 15.9 Å². The summed E-state index contributed by atoms with van der Waals surface area (Å²) in [5.74, 6) is 0.773. The van der Waals surface area contributed by atoms with Crippen molar-refractivity contribution in [3.05, 3.63) is 12.7 Å². The third-order valence-electron chi connectivity index (χ3n) is 7.54. The van der Waals surface area contributed by atoms with E-state index in [9.17, 15) is 10.2 Å². The highest BCUT2D eigenvalue weighted by Crippen LogP contribution is 2.64. The number of halogens is 1. The van der Waals surface area contributed by atoms with E-state index in [0.717, 1.165) is 19.3 Å². The first-order valence-corrected chi connectivity index (χ1v) is 10.0. The number of hydrogen-bond acceptors (Lipinski definition) is 2. The summed E-state index contributed by atoms with van der Waals surface area (Å²) in [6.07, 6.45) is 7.22. The molecule has 0 radical (unpaired) electrons. The van der Waals surface area contributed by atoms with Crippen LogP contribution >= 0.6 is 15.9 Å². The summed E-state index contributed by atoms with van der Waals surface area (Å²) in [7, 11) is 0. The number of aliphatic hydroxyl groups is 2. The molecule has 2 rings (SSSR count). The molecule has 0 saturated heterocycles. The second kappa shape index (κ2) is 6.14. The van der Waals surface area contributed by atoms with Crippen LogP contribution < -0.4 is 0 Å². The maximum Gasteiger partial charge on any atom is 0.0798 e. The molecule has 0 spiro atoms. The van der Waals surface area contributed by atoms with Crippen molar-refractivity contribution in [1.29, 1.82) is 0 Å². The predicted octanol–water partition coefficient (Wildman–Crippen LogP) is 5.07. The Kier molecular flexibility index (Phi) is 5.20. The first kappa shape index (κ1) is 19.5. The van der Waals surface area contributed by atoms with Crippen molar-refractivity contribution < 1.29 is 10.2 Å². The highest BCUT2D eigenvalue weighted by Gasteiger charge is 2.62. The summed E-state index contributed by atoms with van der Waals surface area (Å²) in [6.45, 7) is 14.7. The zero-order valence-electron chi connectivity index (χ0n) is 15.5. The van der Waals surface area contributed by atoms with Gasteiger partial charge in [-0.3, -0.25) is 0 Å². The van der Waals surface area contributed by atoms with Crippen LogP contribution in [0.2, 0.25) is 0 Å². The molecular formula is C20H35BrO2. The van der Waals surface area contributed by atoms with E-state index in [4.69, 9.17) is 0 Å². The molecule has 0 aromatic heterocycles. The molecule has 2 saturated carbocycles. The minimum Gasteiger partial charge on any atom is -0.389 e. The van der Waals surface area contributed by atoms with E-state index in [2.05, 4.69) is 50.2 Å². The van der Waals surface area contributed by atoms with Crippen LogP contribution in [0.5, 0.6) is 0 Å². The lowest BCUT2D eigenvalue weighted by molar-refractivity contribution is -0.213. The Morgan fingerprint density at radius 2 is 1.87 bits per heavy atom. The minimum atomic E-state index is -0.902. The number of fused-ring (bicyclic) bond motifs is 1. The van der Waals surface area contributed by atoms with E-state index in [1.807, 2.05) is 0 Å². The minimum absolute atomic E-state index is 0.0876. The third kappa shape index (κ3) is 3.06. The Morgan fingerprint density at radius 1 is 1.26 bits per heavy atom. The first-order valence-electron chi connectivity index (χ1n) is 9.13. The van der Waals surface area contributed by atoms with Gasteiger partial charge in [-0.1, -0.05) is 49.7 Å². The lowest BCUT2D eigenvalue weighted by Crippen LogP contribution is -2.64. The Hall–Kier alpha value is 0.140. The van der Waals surface area contributed by atoms with Gasteiger partial charge in [-0.05, 0) is 68.1 Å². The largest absolute Gasteiger partial charge is 0.389 e. The molecule has 23 heavy (non-hydrogen) atoms. The second-order valence-corrected chi connectivity index (χ2v) is 10.4. The molecule has 1 unspecified atom stereocenters. The van der Waals surface area contributed by atoms with Gasteiger partial charge in [0.15, 0.2) is 0 Å². The van der Waals surface area contributed by atoms with Crippen molar-refractivity contribution in [2.24, 2.45) is 22.7 Å². The predicted molar refractivity (Wildman–Crippen MR) is 101 cm³/mol. The zero-order chi connectivity index (χ0) is 17.7. The van der Waals surface area contributed by atoms with Crippen LogP contribution in [0, 0.1) is 22.7 Å². The number of hydrogen-bond donors (Lipinski definition) is 2. The van der Waals surface area contributed by atoms with Crippen LogP contribution in [0.25, 0.3) is 0 Å². The highest BCUT2D eigenvalue weighted by atomic mass is 79.9. The van der Waals surface area contributed by atoms with Crippen LogP contribution in [0.3, 0.4) is 0 Å². The van der Waals surface area contributed by atoms with Gasteiger partial charge in [-0.15, -0.1) is 6.58 Å². The molecule has 2 N–H and O–H groups in total. The van der Waals surface area contributed by atoms with E-state index in [1.165, 1.54) is 6.42 Å². The van der Waals surface area contributed by atoms with E-state index >= 15 is 0 Å². The monoisotopic (exact) mass is 386 g/mol. The van der Waals surface area contributed by atoms with Crippen molar-refractivity contribution in [3.8, 4) is 0 Å². The van der Waals surface area contributed by atoms with E-state index < -0.39 is 11.2 Å². The van der Waals surface area contributed by atoms with Crippen LogP contribution in [0.1, 0.15) is 73.1 Å². The van der Waals surface area contributed by atoms with Gasteiger partial charge < -0.3 is 10.2 Å². The van der Waals surface area contributed by atoms with Crippen LogP contribution in [0.4, 0.5) is 0 Å². The molecule has 6 atom stereocenters. The smallest absolute Gasteiger partial charge is 0.0798 e. The molecule has 3 heteroatoms. The maximum atomic E-state index is 11.8. The molecule has 2 nitrogen and oxygen atoms in total. The molecule has 2 aliphatic carbocycles.